The largest absolute Gasteiger partial charge is 0.326 e. The molecule has 0 amide bonds. The summed E-state index contributed by atoms with van der Waals surface area (Å²) in [7, 11) is 0. The molecule has 0 aliphatic rings. The first kappa shape index (κ1) is 11.0. The number of hydrogen-bond donors (Lipinski definition) is 1. The molecule has 1 heterocycles. The Hall–Kier alpha value is -1.09. The average Bonchev–Trinajstić information content (AvgIpc) is 2.02. The molecule has 0 aliphatic heterocycles. The third-order valence-electron chi connectivity index (χ3n) is 2.35. The molecule has 0 aromatic carbocycles. The van der Waals surface area contributed by atoms with Gasteiger partial charge in [0.05, 0.1) is 0 Å². The topological polar surface area (TPSA) is 48.0 Å². The number of aromatic nitrogens is 1. The molecule has 14 heavy (non-hydrogen) atoms. The first-order chi connectivity index (χ1) is 6.38. The van der Waals surface area contributed by atoms with Crippen LogP contribution in [0.15, 0.2) is 17.1 Å². The van der Waals surface area contributed by atoms with Gasteiger partial charge < -0.3 is 10.3 Å². The van der Waals surface area contributed by atoms with E-state index in [1.165, 1.54) is 0 Å². The maximum atomic E-state index is 12.0. The molecular formula is C11H18N2O. The van der Waals surface area contributed by atoms with Crippen molar-refractivity contribution in [1.29, 1.82) is 0 Å². The summed E-state index contributed by atoms with van der Waals surface area (Å²) < 4.78 is 1.72. The Kier molecular flexibility index (Phi) is 2.81. The van der Waals surface area contributed by atoms with Crippen molar-refractivity contribution in [1.82, 2.24) is 4.57 Å². The zero-order valence-corrected chi connectivity index (χ0v) is 9.29. The van der Waals surface area contributed by atoms with Gasteiger partial charge in [-0.2, -0.15) is 0 Å². The Balaban J connectivity index is 3.44. The second kappa shape index (κ2) is 3.58. The van der Waals surface area contributed by atoms with E-state index in [-0.39, 0.29) is 11.1 Å². The van der Waals surface area contributed by atoms with Gasteiger partial charge in [0, 0.05) is 23.8 Å². The van der Waals surface area contributed by atoms with Crippen LogP contribution in [0.3, 0.4) is 0 Å². The summed E-state index contributed by atoms with van der Waals surface area (Å²) in [4.78, 5) is 12.0. The highest BCUT2D eigenvalue weighted by molar-refractivity contribution is 5.22. The highest BCUT2D eigenvalue weighted by atomic mass is 16.1. The van der Waals surface area contributed by atoms with E-state index in [9.17, 15) is 4.79 Å². The van der Waals surface area contributed by atoms with Crippen molar-refractivity contribution in [2.75, 3.05) is 0 Å². The Morgan fingerprint density at radius 3 is 2.43 bits per heavy atom. The molecule has 0 bridgehead atoms. The second-order valence-electron chi connectivity index (χ2n) is 4.53. The Labute approximate surface area is 84.6 Å². The summed E-state index contributed by atoms with van der Waals surface area (Å²) in [5.74, 6) is 0. The molecule has 0 aliphatic carbocycles. The fourth-order valence-corrected chi connectivity index (χ4v) is 1.45. The molecule has 0 fully saturated rings. The lowest BCUT2D eigenvalue weighted by atomic mass is 10.1. The monoisotopic (exact) mass is 194 g/mol. The van der Waals surface area contributed by atoms with Gasteiger partial charge in [0.15, 0.2) is 0 Å². The van der Waals surface area contributed by atoms with Crippen LogP contribution in [0.1, 0.15) is 31.9 Å². The molecule has 0 saturated heterocycles. The summed E-state index contributed by atoms with van der Waals surface area (Å²) in [5.41, 5.74) is 7.07. The zero-order valence-electron chi connectivity index (χ0n) is 9.29. The van der Waals surface area contributed by atoms with Gasteiger partial charge in [-0.3, -0.25) is 4.79 Å². The lowest BCUT2D eigenvalue weighted by Gasteiger charge is -2.23. The quantitative estimate of drug-likeness (QED) is 0.734. The summed E-state index contributed by atoms with van der Waals surface area (Å²) >= 11 is 0. The van der Waals surface area contributed by atoms with Gasteiger partial charge in [-0.1, -0.05) is 0 Å². The molecular weight excluding hydrogens is 176 g/mol. The number of aryl methyl sites for hydroxylation is 1. The fourth-order valence-electron chi connectivity index (χ4n) is 1.45. The van der Waals surface area contributed by atoms with Crippen LogP contribution in [-0.2, 0) is 12.1 Å². The number of nitrogens with two attached hydrogens (primary N) is 1. The molecule has 3 heteroatoms. The summed E-state index contributed by atoms with van der Waals surface area (Å²) in [6.07, 6.45) is 1.83. The lowest BCUT2D eigenvalue weighted by Crippen LogP contribution is -2.36. The van der Waals surface area contributed by atoms with Crippen LogP contribution < -0.4 is 11.3 Å². The molecule has 0 unspecified atom stereocenters. The van der Waals surface area contributed by atoms with Gasteiger partial charge in [-0.05, 0) is 39.3 Å². The predicted molar refractivity (Wildman–Crippen MR) is 58.3 cm³/mol. The van der Waals surface area contributed by atoms with Crippen molar-refractivity contribution >= 4 is 0 Å². The molecule has 0 radical (unpaired) electrons. The van der Waals surface area contributed by atoms with Crippen molar-refractivity contribution in [3.63, 3.8) is 0 Å². The van der Waals surface area contributed by atoms with Gasteiger partial charge in [0.25, 0.3) is 5.56 Å². The molecule has 1 aromatic rings. The summed E-state index contributed by atoms with van der Waals surface area (Å²) in [6.45, 7) is 8.23. The van der Waals surface area contributed by atoms with Crippen LogP contribution in [0.25, 0.3) is 0 Å². The normalized spacial score (nSPS) is 11.8. The van der Waals surface area contributed by atoms with E-state index in [2.05, 4.69) is 0 Å². The third kappa shape index (κ3) is 1.87. The SMILES string of the molecule is Cc1ccn(C(C)(C)C)c(=O)c1CN. The third-order valence-corrected chi connectivity index (χ3v) is 2.35. The van der Waals surface area contributed by atoms with E-state index in [4.69, 9.17) is 5.73 Å². The second-order valence-corrected chi connectivity index (χ2v) is 4.53. The van der Waals surface area contributed by atoms with E-state index in [1.54, 1.807) is 4.57 Å². The van der Waals surface area contributed by atoms with Crippen LogP contribution >= 0.6 is 0 Å². The number of hydrogen-bond acceptors (Lipinski definition) is 2. The minimum absolute atomic E-state index is 0.0278. The van der Waals surface area contributed by atoms with Gasteiger partial charge >= 0.3 is 0 Å². The molecule has 2 N–H and O–H groups in total. The lowest BCUT2D eigenvalue weighted by molar-refractivity contribution is 0.382. The predicted octanol–water partition coefficient (Wildman–Crippen LogP) is 1.37. The molecule has 0 atom stereocenters. The van der Waals surface area contributed by atoms with Crippen LogP contribution in [0, 0.1) is 6.92 Å². The molecule has 3 nitrogen and oxygen atoms in total. The molecule has 1 rings (SSSR count). The van der Waals surface area contributed by atoms with Crippen LogP contribution in [0.4, 0.5) is 0 Å². The van der Waals surface area contributed by atoms with Crippen LogP contribution in [0.2, 0.25) is 0 Å². The van der Waals surface area contributed by atoms with Crippen molar-refractivity contribution in [3.8, 4) is 0 Å². The van der Waals surface area contributed by atoms with Gasteiger partial charge in [-0.25, -0.2) is 0 Å². The Morgan fingerprint density at radius 2 is 2.00 bits per heavy atom. The van der Waals surface area contributed by atoms with Crippen molar-refractivity contribution in [2.45, 2.75) is 39.8 Å². The average molecular weight is 194 g/mol. The van der Waals surface area contributed by atoms with Gasteiger partial charge in [0.2, 0.25) is 0 Å². The zero-order chi connectivity index (χ0) is 10.9. The van der Waals surface area contributed by atoms with Gasteiger partial charge in [0.1, 0.15) is 0 Å². The highest BCUT2D eigenvalue weighted by Crippen LogP contribution is 2.12. The minimum Gasteiger partial charge on any atom is -0.326 e. The van der Waals surface area contributed by atoms with E-state index >= 15 is 0 Å². The Morgan fingerprint density at radius 1 is 1.43 bits per heavy atom. The number of rotatable bonds is 1. The summed E-state index contributed by atoms with van der Waals surface area (Å²) in [6, 6.07) is 1.94. The van der Waals surface area contributed by atoms with E-state index in [1.807, 2.05) is 40.0 Å². The highest BCUT2D eigenvalue weighted by Gasteiger charge is 2.16. The Bertz CT molecular complexity index is 385. The maximum absolute atomic E-state index is 12.0. The first-order valence-electron chi connectivity index (χ1n) is 4.79. The van der Waals surface area contributed by atoms with E-state index in [0.717, 1.165) is 5.56 Å². The van der Waals surface area contributed by atoms with E-state index < -0.39 is 0 Å². The first-order valence-corrected chi connectivity index (χ1v) is 4.79. The van der Waals surface area contributed by atoms with Crippen molar-refractivity contribution in [3.05, 3.63) is 33.7 Å². The molecule has 78 valence electrons. The molecule has 0 saturated carbocycles. The van der Waals surface area contributed by atoms with Crippen LogP contribution in [-0.4, -0.2) is 4.57 Å². The molecule has 1 aromatic heterocycles. The standard InChI is InChI=1S/C11H18N2O/c1-8-5-6-13(11(2,3)4)10(14)9(8)7-12/h5-6H,7,12H2,1-4H3. The summed E-state index contributed by atoms with van der Waals surface area (Å²) in [5, 5.41) is 0. The smallest absolute Gasteiger partial charge is 0.255 e. The van der Waals surface area contributed by atoms with Crippen molar-refractivity contribution in [2.24, 2.45) is 5.73 Å². The van der Waals surface area contributed by atoms with Gasteiger partial charge in [-0.15, -0.1) is 0 Å². The molecule has 0 spiro atoms. The fraction of sp³-hybridized carbons (Fsp3) is 0.545. The maximum Gasteiger partial charge on any atom is 0.255 e. The van der Waals surface area contributed by atoms with Crippen molar-refractivity contribution < 1.29 is 0 Å². The minimum atomic E-state index is -0.186. The number of pyridine rings is 1. The number of nitrogens with zero attached hydrogens (tertiary/aromatic N) is 1. The van der Waals surface area contributed by atoms with E-state index in [0.29, 0.717) is 12.1 Å². The van der Waals surface area contributed by atoms with Crippen LogP contribution in [0.5, 0.6) is 0 Å².